The second-order valence-corrected chi connectivity index (χ2v) is 6.88. The van der Waals surface area contributed by atoms with Gasteiger partial charge in [-0.25, -0.2) is 0 Å². The molecule has 0 spiro atoms. The number of hydrogen-bond acceptors (Lipinski definition) is 4. The Morgan fingerprint density at radius 3 is 2.41 bits per heavy atom. The highest BCUT2D eigenvalue weighted by molar-refractivity contribution is 6.04. The molecule has 2 amide bonds. The number of piperazine rings is 1. The fourth-order valence-corrected chi connectivity index (χ4v) is 3.22. The summed E-state index contributed by atoms with van der Waals surface area (Å²) in [5, 5.41) is 11.7. The molecule has 0 saturated carbocycles. The van der Waals surface area contributed by atoms with Crippen molar-refractivity contribution < 1.29 is 9.59 Å². The molecule has 0 aromatic heterocycles. The average molecular weight is 388 g/mol. The number of nitrogens with one attached hydrogen (secondary N) is 1. The van der Waals surface area contributed by atoms with Crippen molar-refractivity contribution in [3.63, 3.8) is 0 Å². The molecule has 1 heterocycles. The predicted molar refractivity (Wildman–Crippen MR) is 113 cm³/mol. The van der Waals surface area contributed by atoms with Gasteiger partial charge in [-0.1, -0.05) is 54.6 Å². The Morgan fingerprint density at radius 1 is 1.00 bits per heavy atom. The van der Waals surface area contributed by atoms with E-state index in [0.29, 0.717) is 24.3 Å². The molecule has 0 unspecified atom stereocenters. The molecule has 29 heavy (non-hydrogen) atoms. The Labute approximate surface area is 171 Å². The van der Waals surface area contributed by atoms with E-state index in [9.17, 15) is 9.59 Å². The lowest BCUT2D eigenvalue weighted by atomic mass is 10.2. The number of carbonyl (C=O) groups is 2. The minimum absolute atomic E-state index is 0.184. The maximum absolute atomic E-state index is 12.4. The zero-order chi connectivity index (χ0) is 20.5. The number of rotatable bonds is 6. The van der Waals surface area contributed by atoms with Crippen LogP contribution < -0.4 is 5.32 Å². The second-order valence-electron chi connectivity index (χ2n) is 6.88. The summed E-state index contributed by atoms with van der Waals surface area (Å²) in [6, 6.07) is 18.9. The standard InChI is InChI=1S/C23H24N4O2/c24-18-20-10-4-5-11-21(20)25-22(28)17-23(29)27-15-13-26(14-16-27)12-6-9-19-7-2-1-3-8-19/h1-11H,12-17H2,(H,25,28)/b9-6+. The van der Waals surface area contributed by atoms with Crippen LogP contribution in [0.1, 0.15) is 17.5 Å². The monoisotopic (exact) mass is 388 g/mol. The van der Waals surface area contributed by atoms with Crippen molar-refractivity contribution in [1.29, 1.82) is 5.26 Å². The van der Waals surface area contributed by atoms with Gasteiger partial charge < -0.3 is 10.2 Å². The van der Waals surface area contributed by atoms with E-state index in [4.69, 9.17) is 5.26 Å². The third-order valence-corrected chi connectivity index (χ3v) is 4.83. The maximum atomic E-state index is 12.4. The topological polar surface area (TPSA) is 76.4 Å². The highest BCUT2D eigenvalue weighted by Crippen LogP contribution is 2.14. The van der Waals surface area contributed by atoms with Crippen LogP contribution in [0.2, 0.25) is 0 Å². The summed E-state index contributed by atoms with van der Waals surface area (Å²) in [5.41, 5.74) is 1.98. The van der Waals surface area contributed by atoms with Gasteiger partial charge in [-0.05, 0) is 17.7 Å². The Kier molecular flexibility index (Phi) is 7.15. The molecular formula is C23H24N4O2. The first-order valence-corrected chi connectivity index (χ1v) is 9.66. The minimum Gasteiger partial charge on any atom is -0.340 e. The molecule has 6 heteroatoms. The van der Waals surface area contributed by atoms with Crippen LogP contribution in [0, 0.1) is 11.3 Å². The number of carbonyl (C=O) groups excluding carboxylic acids is 2. The summed E-state index contributed by atoms with van der Waals surface area (Å²) >= 11 is 0. The van der Waals surface area contributed by atoms with Crippen molar-refractivity contribution in [3.8, 4) is 6.07 Å². The lowest BCUT2D eigenvalue weighted by Gasteiger charge is -2.34. The first-order valence-electron chi connectivity index (χ1n) is 9.66. The summed E-state index contributed by atoms with van der Waals surface area (Å²) in [5.74, 6) is -0.581. The number of para-hydroxylation sites is 1. The Bertz CT molecular complexity index is 910. The number of benzene rings is 2. The fourth-order valence-electron chi connectivity index (χ4n) is 3.22. The van der Waals surface area contributed by atoms with E-state index in [1.807, 2.05) is 24.3 Å². The number of nitrogens with zero attached hydrogens (tertiary/aromatic N) is 3. The number of nitriles is 1. The molecule has 2 aromatic rings. The summed E-state index contributed by atoms with van der Waals surface area (Å²) < 4.78 is 0. The average Bonchev–Trinajstić information content (AvgIpc) is 2.75. The quantitative estimate of drug-likeness (QED) is 0.772. The number of hydrogen-bond donors (Lipinski definition) is 1. The SMILES string of the molecule is N#Cc1ccccc1NC(=O)CC(=O)N1CCN(C/C=C/c2ccccc2)CC1. The first-order chi connectivity index (χ1) is 14.2. The van der Waals surface area contributed by atoms with Gasteiger partial charge in [-0.2, -0.15) is 5.26 Å². The van der Waals surface area contributed by atoms with Crippen LogP contribution in [-0.2, 0) is 9.59 Å². The van der Waals surface area contributed by atoms with Gasteiger partial charge in [0.25, 0.3) is 0 Å². The second kappa shape index (κ2) is 10.2. The van der Waals surface area contributed by atoms with Crippen LogP contribution in [0.3, 0.4) is 0 Å². The van der Waals surface area contributed by atoms with Gasteiger partial charge in [-0.15, -0.1) is 0 Å². The molecule has 0 atom stereocenters. The van der Waals surface area contributed by atoms with Crippen LogP contribution in [-0.4, -0.2) is 54.3 Å². The van der Waals surface area contributed by atoms with Gasteiger partial charge in [0, 0.05) is 32.7 Å². The highest BCUT2D eigenvalue weighted by atomic mass is 16.2. The molecule has 148 valence electrons. The number of amides is 2. The lowest BCUT2D eigenvalue weighted by Crippen LogP contribution is -2.49. The van der Waals surface area contributed by atoms with Crippen molar-refractivity contribution in [1.82, 2.24) is 9.80 Å². The highest BCUT2D eigenvalue weighted by Gasteiger charge is 2.22. The van der Waals surface area contributed by atoms with E-state index in [2.05, 4.69) is 34.5 Å². The van der Waals surface area contributed by atoms with E-state index in [1.54, 1.807) is 29.2 Å². The molecule has 2 aromatic carbocycles. The normalized spacial score (nSPS) is 14.5. The van der Waals surface area contributed by atoms with Crippen molar-refractivity contribution in [2.24, 2.45) is 0 Å². The van der Waals surface area contributed by atoms with Crippen LogP contribution in [0.4, 0.5) is 5.69 Å². The zero-order valence-corrected chi connectivity index (χ0v) is 16.3. The Balaban J connectivity index is 1.42. The molecule has 1 saturated heterocycles. The van der Waals surface area contributed by atoms with E-state index >= 15 is 0 Å². The maximum Gasteiger partial charge on any atom is 0.233 e. The van der Waals surface area contributed by atoms with Crippen molar-refractivity contribution in [2.75, 3.05) is 38.0 Å². The van der Waals surface area contributed by atoms with Crippen LogP contribution in [0.15, 0.2) is 60.7 Å². The molecule has 1 aliphatic heterocycles. The molecule has 1 N–H and O–H groups in total. The molecule has 1 aliphatic rings. The third-order valence-electron chi connectivity index (χ3n) is 4.83. The lowest BCUT2D eigenvalue weighted by molar-refractivity contribution is -0.136. The van der Waals surface area contributed by atoms with Gasteiger partial charge in [0.1, 0.15) is 12.5 Å². The molecule has 0 aliphatic carbocycles. The van der Waals surface area contributed by atoms with Gasteiger partial charge in [0.15, 0.2) is 0 Å². The van der Waals surface area contributed by atoms with Gasteiger partial charge in [0.05, 0.1) is 11.3 Å². The summed E-state index contributed by atoms with van der Waals surface area (Å²) in [4.78, 5) is 28.6. The van der Waals surface area contributed by atoms with Crippen LogP contribution in [0.25, 0.3) is 6.08 Å². The van der Waals surface area contributed by atoms with Crippen molar-refractivity contribution in [3.05, 3.63) is 71.8 Å². The van der Waals surface area contributed by atoms with Gasteiger partial charge >= 0.3 is 0 Å². The molecular weight excluding hydrogens is 364 g/mol. The third kappa shape index (κ3) is 6.03. The van der Waals surface area contributed by atoms with E-state index in [-0.39, 0.29) is 12.3 Å². The van der Waals surface area contributed by atoms with Crippen LogP contribution >= 0.6 is 0 Å². The summed E-state index contributed by atoms with van der Waals surface area (Å²) in [7, 11) is 0. The summed E-state index contributed by atoms with van der Waals surface area (Å²) in [6.45, 7) is 3.62. The number of anilines is 1. The van der Waals surface area contributed by atoms with E-state index in [0.717, 1.165) is 19.6 Å². The summed E-state index contributed by atoms with van der Waals surface area (Å²) in [6.07, 6.45) is 4.02. The van der Waals surface area contributed by atoms with Crippen molar-refractivity contribution in [2.45, 2.75) is 6.42 Å². The van der Waals surface area contributed by atoms with E-state index < -0.39 is 5.91 Å². The molecule has 0 bridgehead atoms. The molecule has 1 fully saturated rings. The molecule has 0 radical (unpaired) electrons. The minimum atomic E-state index is -0.397. The first kappa shape index (κ1) is 20.3. The largest absolute Gasteiger partial charge is 0.340 e. The predicted octanol–water partition coefficient (Wildman–Crippen LogP) is 2.74. The zero-order valence-electron chi connectivity index (χ0n) is 16.3. The van der Waals surface area contributed by atoms with Gasteiger partial charge in [-0.3, -0.25) is 14.5 Å². The Morgan fingerprint density at radius 2 is 1.69 bits per heavy atom. The molecule has 6 nitrogen and oxygen atoms in total. The Hall–Kier alpha value is -3.43. The van der Waals surface area contributed by atoms with Gasteiger partial charge in [0.2, 0.25) is 11.8 Å². The van der Waals surface area contributed by atoms with Crippen LogP contribution in [0.5, 0.6) is 0 Å². The van der Waals surface area contributed by atoms with E-state index in [1.165, 1.54) is 5.56 Å². The fraction of sp³-hybridized carbons (Fsp3) is 0.261. The smallest absolute Gasteiger partial charge is 0.233 e. The van der Waals surface area contributed by atoms with Crippen molar-refractivity contribution >= 4 is 23.6 Å². The molecule has 3 rings (SSSR count).